The van der Waals surface area contributed by atoms with E-state index < -0.39 is 14.9 Å². The first kappa shape index (κ1) is 17.3. The predicted molar refractivity (Wildman–Crippen MR) is 77.2 cm³/mol. The van der Waals surface area contributed by atoms with E-state index in [0.717, 1.165) is 18.2 Å². The molecule has 0 aliphatic carbocycles. The molecule has 0 bridgehead atoms. The molecule has 1 unspecified atom stereocenters. The van der Waals surface area contributed by atoms with Gasteiger partial charge in [-0.15, -0.1) is 0 Å². The Labute approximate surface area is 122 Å². The van der Waals surface area contributed by atoms with E-state index in [2.05, 4.69) is 10.1 Å². The van der Waals surface area contributed by atoms with Crippen molar-refractivity contribution in [1.82, 2.24) is 4.72 Å². The summed E-state index contributed by atoms with van der Waals surface area (Å²) in [4.78, 5) is 9.87. The first-order valence-electron chi connectivity index (χ1n) is 6.18. The molecule has 9 nitrogen and oxygen atoms in total. The van der Waals surface area contributed by atoms with E-state index in [9.17, 15) is 18.5 Å². The van der Waals surface area contributed by atoms with Crippen molar-refractivity contribution in [1.29, 1.82) is 0 Å². The molecule has 0 saturated carbocycles. The molecule has 0 aromatic heterocycles. The number of nitro groups is 1. The van der Waals surface area contributed by atoms with Gasteiger partial charge in [-0.2, -0.15) is 0 Å². The van der Waals surface area contributed by atoms with E-state index in [0.29, 0.717) is 6.61 Å². The van der Waals surface area contributed by atoms with Gasteiger partial charge in [0.2, 0.25) is 10.0 Å². The highest BCUT2D eigenvalue weighted by molar-refractivity contribution is 7.89. The first-order valence-corrected chi connectivity index (χ1v) is 7.66. The SMILES string of the molecule is CCOC(C)CNS(=O)(=O)c1ccc([N+](=O)[O-])cc1NN. The third-order valence-corrected chi connectivity index (χ3v) is 4.11. The molecule has 0 spiro atoms. The first-order chi connectivity index (χ1) is 9.81. The molecule has 4 N–H and O–H groups in total. The summed E-state index contributed by atoms with van der Waals surface area (Å²) in [5, 5.41) is 10.7. The summed E-state index contributed by atoms with van der Waals surface area (Å²) in [7, 11) is -3.85. The zero-order chi connectivity index (χ0) is 16.0. The highest BCUT2D eigenvalue weighted by Crippen LogP contribution is 2.25. The number of hydrogen-bond donors (Lipinski definition) is 3. The monoisotopic (exact) mass is 318 g/mol. The molecule has 0 fully saturated rings. The molecule has 0 heterocycles. The number of nitrogen functional groups attached to an aromatic ring is 1. The van der Waals surface area contributed by atoms with Crippen molar-refractivity contribution in [2.45, 2.75) is 24.8 Å². The van der Waals surface area contributed by atoms with Crippen LogP contribution in [0.5, 0.6) is 0 Å². The van der Waals surface area contributed by atoms with Crippen LogP contribution in [0.3, 0.4) is 0 Å². The molecule has 1 atom stereocenters. The van der Waals surface area contributed by atoms with Gasteiger partial charge in [0, 0.05) is 25.3 Å². The van der Waals surface area contributed by atoms with E-state index >= 15 is 0 Å². The van der Waals surface area contributed by atoms with Crippen LogP contribution in [0.1, 0.15) is 13.8 Å². The summed E-state index contributed by atoms with van der Waals surface area (Å²) in [6.45, 7) is 4.08. The Kier molecular flexibility index (Phi) is 6.03. The minimum absolute atomic E-state index is 0.0548. The highest BCUT2D eigenvalue weighted by Gasteiger charge is 2.21. The zero-order valence-electron chi connectivity index (χ0n) is 11.7. The van der Waals surface area contributed by atoms with Gasteiger partial charge in [-0.05, 0) is 19.9 Å². The lowest BCUT2D eigenvalue weighted by Gasteiger charge is -2.14. The van der Waals surface area contributed by atoms with Crippen LogP contribution in [0.2, 0.25) is 0 Å². The smallest absolute Gasteiger partial charge is 0.271 e. The summed E-state index contributed by atoms with van der Waals surface area (Å²) in [6, 6.07) is 3.28. The maximum atomic E-state index is 12.2. The summed E-state index contributed by atoms with van der Waals surface area (Å²) in [5.74, 6) is 5.23. The Morgan fingerprint density at radius 3 is 2.67 bits per heavy atom. The van der Waals surface area contributed by atoms with Crippen molar-refractivity contribution in [3.05, 3.63) is 28.3 Å². The van der Waals surface area contributed by atoms with Crippen LogP contribution in [-0.2, 0) is 14.8 Å². The standard InChI is InChI=1S/C11H18N4O5S/c1-3-20-8(2)7-13-21(18,19)11-5-4-9(15(16)17)6-10(11)14-12/h4-6,8,13-14H,3,7,12H2,1-2H3. The molecule has 118 valence electrons. The van der Waals surface area contributed by atoms with Gasteiger partial charge in [0.25, 0.3) is 5.69 Å². The summed E-state index contributed by atoms with van der Waals surface area (Å²) >= 11 is 0. The summed E-state index contributed by atoms with van der Waals surface area (Å²) < 4.78 is 31.9. The van der Waals surface area contributed by atoms with Gasteiger partial charge in [0.15, 0.2) is 0 Å². The zero-order valence-corrected chi connectivity index (χ0v) is 12.5. The van der Waals surface area contributed by atoms with Crippen LogP contribution >= 0.6 is 0 Å². The van der Waals surface area contributed by atoms with Crippen molar-refractivity contribution in [2.24, 2.45) is 5.84 Å². The van der Waals surface area contributed by atoms with Crippen molar-refractivity contribution in [3.8, 4) is 0 Å². The number of anilines is 1. The van der Waals surface area contributed by atoms with E-state index in [1.807, 2.05) is 0 Å². The number of sulfonamides is 1. The van der Waals surface area contributed by atoms with Gasteiger partial charge in [-0.1, -0.05) is 0 Å². The third kappa shape index (κ3) is 4.63. The van der Waals surface area contributed by atoms with Gasteiger partial charge < -0.3 is 10.2 Å². The minimum Gasteiger partial charge on any atom is -0.377 e. The van der Waals surface area contributed by atoms with Gasteiger partial charge in [-0.25, -0.2) is 13.1 Å². The van der Waals surface area contributed by atoms with E-state index in [4.69, 9.17) is 10.6 Å². The van der Waals surface area contributed by atoms with Crippen LogP contribution in [0, 0.1) is 10.1 Å². The number of nitrogens with two attached hydrogens (primary N) is 1. The van der Waals surface area contributed by atoms with Crippen molar-refractivity contribution in [2.75, 3.05) is 18.6 Å². The second-order valence-corrected chi connectivity index (χ2v) is 5.94. The summed E-state index contributed by atoms with van der Waals surface area (Å²) in [5.41, 5.74) is 1.84. The molecule has 0 aliphatic rings. The molecule has 0 saturated heterocycles. The lowest BCUT2D eigenvalue weighted by molar-refractivity contribution is -0.384. The Balaban J connectivity index is 3.00. The Bertz CT molecular complexity index is 605. The predicted octanol–water partition coefficient (Wildman–Crippen LogP) is 0.584. The van der Waals surface area contributed by atoms with E-state index in [-0.39, 0.29) is 28.9 Å². The average Bonchev–Trinajstić information content (AvgIpc) is 2.44. The lowest BCUT2D eigenvalue weighted by atomic mass is 10.3. The van der Waals surface area contributed by atoms with Gasteiger partial charge in [0.1, 0.15) is 4.90 Å². The van der Waals surface area contributed by atoms with Crippen LogP contribution in [0.15, 0.2) is 23.1 Å². The Morgan fingerprint density at radius 1 is 1.48 bits per heavy atom. The number of benzene rings is 1. The Morgan fingerprint density at radius 2 is 2.14 bits per heavy atom. The van der Waals surface area contributed by atoms with Crippen molar-refractivity contribution < 1.29 is 18.1 Å². The molecule has 1 aromatic rings. The fraction of sp³-hybridized carbons (Fsp3) is 0.455. The second-order valence-electron chi connectivity index (χ2n) is 4.20. The normalized spacial score (nSPS) is 12.9. The van der Waals surface area contributed by atoms with Crippen LogP contribution < -0.4 is 16.0 Å². The maximum Gasteiger partial charge on any atom is 0.271 e. The largest absolute Gasteiger partial charge is 0.377 e. The highest BCUT2D eigenvalue weighted by atomic mass is 32.2. The molecule has 0 amide bonds. The molecule has 10 heteroatoms. The number of non-ortho nitro benzene ring substituents is 1. The molecule has 21 heavy (non-hydrogen) atoms. The number of rotatable bonds is 8. The van der Waals surface area contributed by atoms with Gasteiger partial charge in [0.05, 0.1) is 16.7 Å². The van der Waals surface area contributed by atoms with Crippen LogP contribution in [-0.4, -0.2) is 32.6 Å². The molecular formula is C11H18N4O5S. The number of nitrogens with one attached hydrogen (secondary N) is 2. The van der Waals surface area contributed by atoms with Crippen LogP contribution in [0.25, 0.3) is 0 Å². The van der Waals surface area contributed by atoms with Crippen molar-refractivity contribution in [3.63, 3.8) is 0 Å². The van der Waals surface area contributed by atoms with E-state index in [1.165, 1.54) is 0 Å². The topological polar surface area (TPSA) is 137 Å². The minimum atomic E-state index is -3.85. The Hall–Kier alpha value is -1.75. The fourth-order valence-corrected chi connectivity index (χ4v) is 2.89. The van der Waals surface area contributed by atoms with Gasteiger partial charge in [-0.3, -0.25) is 16.0 Å². The summed E-state index contributed by atoms with van der Waals surface area (Å²) in [6.07, 6.45) is -0.294. The average molecular weight is 318 g/mol. The molecule has 0 radical (unpaired) electrons. The molecule has 1 aromatic carbocycles. The third-order valence-electron chi connectivity index (χ3n) is 2.63. The fourth-order valence-electron chi connectivity index (χ4n) is 1.63. The number of nitro benzene ring substituents is 1. The number of hydrogen-bond acceptors (Lipinski definition) is 7. The quantitative estimate of drug-likeness (QED) is 0.362. The number of hydrazine groups is 1. The van der Waals surface area contributed by atoms with Crippen LogP contribution in [0.4, 0.5) is 11.4 Å². The lowest BCUT2D eigenvalue weighted by Crippen LogP contribution is -2.32. The number of nitrogens with zero attached hydrogens (tertiary/aromatic N) is 1. The molecule has 0 aliphatic heterocycles. The molecule has 1 rings (SSSR count). The van der Waals surface area contributed by atoms with E-state index in [1.54, 1.807) is 13.8 Å². The van der Waals surface area contributed by atoms with Gasteiger partial charge >= 0.3 is 0 Å². The van der Waals surface area contributed by atoms with Crippen molar-refractivity contribution >= 4 is 21.4 Å². The second kappa shape index (κ2) is 7.31. The molecular weight excluding hydrogens is 300 g/mol. The maximum absolute atomic E-state index is 12.2. The number of ether oxygens (including phenoxy) is 1.